The van der Waals surface area contributed by atoms with E-state index in [0.29, 0.717) is 0 Å². The molecule has 5 heteroatoms. The summed E-state index contributed by atoms with van der Waals surface area (Å²) in [5.41, 5.74) is 0.0396. The van der Waals surface area contributed by atoms with Crippen molar-refractivity contribution in [3.63, 3.8) is 0 Å². The van der Waals surface area contributed by atoms with E-state index in [1.807, 2.05) is 0 Å². The molecule has 0 saturated heterocycles. The van der Waals surface area contributed by atoms with Crippen LogP contribution in [0.25, 0.3) is 0 Å². The summed E-state index contributed by atoms with van der Waals surface area (Å²) in [6.07, 6.45) is 0. The molecule has 0 spiro atoms. The predicted molar refractivity (Wildman–Crippen MR) is 35.8 cm³/mol. The van der Waals surface area contributed by atoms with E-state index in [1.54, 1.807) is 0 Å². The molecule has 0 rings (SSSR count). The van der Waals surface area contributed by atoms with Gasteiger partial charge in [0.25, 0.3) is 0 Å². The summed E-state index contributed by atoms with van der Waals surface area (Å²) in [6.45, 7) is 4.55. The molecule has 0 bridgehead atoms. The fourth-order valence-corrected chi connectivity index (χ4v) is 0.221. The Balaban J connectivity index is 4.18. The minimum atomic E-state index is -1.44. The lowest BCUT2D eigenvalue weighted by atomic mass is 10.4. The van der Waals surface area contributed by atoms with Crippen LogP contribution in [-0.2, 0) is 9.53 Å². The highest BCUT2D eigenvalue weighted by molar-refractivity contribution is 5.87. The molecule has 0 atom stereocenters. The van der Waals surface area contributed by atoms with Crippen molar-refractivity contribution in [2.75, 3.05) is 0 Å². The van der Waals surface area contributed by atoms with Crippen LogP contribution < -0.4 is 0 Å². The van der Waals surface area contributed by atoms with Gasteiger partial charge in [-0.15, -0.1) is 0 Å². The van der Waals surface area contributed by atoms with Crippen LogP contribution in [0.2, 0.25) is 0 Å². The zero-order valence-corrected chi connectivity index (χ0v) is 5.87. The molecule has 0 amide bonds. The van der Waals surface area contributed by atoms with Gasteiger partial charge >= 0.3 is 17.9 Å². The molecule has 0 aromatic rings. The minimum Gasteiger partial charge on any atom is -0.476 e. The Morgan fingerprint density at radius 2 is 1.82 bits per heavy atom. The lowest BCUT2D eigenvalue weighted by molar-refractivity contribution is -0.140. The number of hydrogen-bond donors (Lipinski definition) is 3. The van der Waals surface area contributed by atoms with Crippen LogP contribution in [0.4, 0.5) is 0 Å². The zero-order chi connectivity index (χ0) is 9.02. The van der Waals surface area contributed by atoms with Crippen LogP contribution in [0.5, 0.6) is 0 Å². The number of aliphatic hydroxyl groups excluding tert-OH is 2. The van der Waals surface area contributed by atoms with Crippen LogP contribution in [0.15, 0.2) is 24.0 Å². The van der Waals surface area contributed by atoms with Crippen molar-refractivity contribution in [2.24, 2.45) is 0 Å². The van der Waals surface area contributed by atoms with E-state index >= 15 is 0 Å². The molecule has 62 valence electrons. The van der Waals surface area contributed by atoms with Gasteiger partial charge in [0.1, 0.15) is 0 Å². The van der Waals surface area contributed by atoms with E-state index in [-0.39, 0.29) is 5.57 Å². The van der Waals surface area contributed by atoms with Crippen molar-refractivity contribution in [2.45, 2.75) is 6.92 Å². The molecule has 0 aliphatic rings. The fraction of sp³-hybridized carbons (Fsp3) is 0.167. The van der Waals surface area contributed by atoms with E-state index in [4.69, 9.17) is 15.3 Å². The number of aliphatic hydroxyl groups is 3. The molecule has 5 nitrogen and oxygen atoms in total. The average Bonchev–Trinajstić information content (AvgIpc) is 1.87. The lowest BCUT2D eigenvalue weighted by Gasteiger charge is -2.00. The first-order valence-electron chi connectivity index (χ1n) is 2.64. The van der Waals surface area contributed by atoms with E-state index in [9.17, 15) is 4.79 Å². The van der Waals surface area contributed by atoms with E-state index in [2.05, 4.69) is 11.3 Å². The van der Waals surface area contributed by atoms with Gasteiger partial charge in [0.05, 0.1) is 0 Å². The fourth-order valence-electron chi connectivity index (χ4n) is 0.221. The molecule has 11 heavy (non-hydrogen) atoms. The number of hydrogen-bond acceptors (Lipinski definition) is 5. The van der Waals surface area contributed by atoms with Gasteiger partial charge in [-0.1, -0.05) is 6.58 Å². The molecule has 3 N–H and O–H groups in total. The normalized spacial score (nSPS) is 8.45. The van der Waals surface area contributed by atoms with Gasteiger partial charge in [0, 0.05) is 5.57 Å². The molecule has 0 aliphatic carbocycles. The number of carbonyl (C=O) groups is 1. The Hall–Kier alpha value is -1.65. The summed E-state index contributed by atoms with van der Waals surface area (Å²) in [4.78, 5) is 10.5. The third-order valence-corrected chi connectivity index (χ3v) is 0.729. The Labute approximate surface area is 62.8 Å². The van der Waals surface area contributed by atoms with Gasteiger partial charge in [-0.2, -0.15) is 0 Å². The summed E-state index contributed by atoms with van der Waals surface area (Å²) in [6, 6.07) is 0. The highest BCUT2D eigenvalue weighted by atomic mass is 16.6. The maximum atomic E-state index is 10.5. The van der Waals surface area contributed by atoms with Crippen LogP contribution in [-0.4, -0.2) is 21.3 Å². The smallest absolute Gasteiger partial charge is 0.369 e. The summed E-state index contributed by atoms with van der Waals surface area (Å²) >= 11 is 0. The van der Waals surface area contributed by atoms with E-state index < -0.39 is 17.9 Å². The quantitative estimate of drug-likeness (QED) is 0.317. The third-order valence-electron chi connectivity index (χ3n) is 0.729. The Kier molecular flexibility index (Phi) is 2.98. The Morgan fingerprint density at radius 3 is 2.09 bits per heavy atom. The van der Waals surface area contributed by atoms with Crippen molar-refractivity contribution >= 4 is 5.97 Å². The number of esters is 1. The average molecular weight is 160 g/mol. The minimum absolute atomic E-state index is 0.0396. The monoisotopic (exact) mass is 160 g/mol. The molecular weight excluding hydrogens is 152 g/mol. The molecule has 0 aromatic heterocycles. The van der Waals surface area contributed by atoms with Crippen molar-refractivity contribution in [3.05, 3.63) is 24.0 Å². The Bertz CT molecular complexity index is 211. The number of rotatable bonds is 2. The maximum Gasteiger partial charge on any atom is 0.369 e. The summed E-state index contributed by atoms with van der Waals surface area (Å²) in [5.74, 6) is -3.61. The second-order valence-corrected chi connectivity index (χ2v) is 1.80. The van der Waals surface area contributed by atoms with Gasteiger partial charge in [-0.3, -0.25) is 0 Å². The van der Waals surface area contributed by atoms with Crippen LogP contribution >= 0.6 is 0 Å². The van der Waals surface area contributed by atoms with Crippen molar-refractivity contribution in [1.29, 1.82) is 0 Å². The predicted octanol–water partition coefficient (Wildman–Crippen LogP) is 0.906. The van der Waals surface area contributed by atoms with Gasteiger partial charge in [0.15, 0.2) is 0 Å². The summed E-state index contributed by atoms with van der Waals surface area (Å²) < 4.78 is 3.97. The van der Waals surface area contributed by atoms with Crippen LogP contribution in [0, 0.1) is 0 Å². The second kappa shape index (κ2) is 3.50. The van der Waals surface area contributed by atoms with E-state index in [1.165, 1.54) is 6.92 Å². The molecule has 0 radical (unpaired) electrons. The van der Waals surface area contributed by atoms with Crippen LogP contribution in [0.3, 0.4) is 0 Å². The third kappa shape index (κ3) is 3.14. The second-order valence-electron chi connectivity index (χ2n) is 1.80. The van der Waals surface area contributed by atoms with Crippen molar-refractivity contribution < 1.29 is 24.9 Å². The molecule has 0 aromatic carbocycles. The van der Waals surface area contributed by atoms with Crippen molar-refractivity contribution in [1.82, 2.24) is 0 Å². The maximum absolute atomic E-state index is 10.5. The highest BCUT2D eigenvalue weighted by Crippen LogP contribution is 2.00. The summed E-state index contributed by atoms with van der Waals surface area (Å²) in [5, 5.41) is 24.7. The van der Waals surface area contributed by atoms with Gasteiger partial charge in [-0.25, -0.2) is 4.79 Å². The first-order chi connectivity index (χ1) is 4.95. The molecule has 0 saturated carbocycles. The van der Waals surface area contributed by atoms with Gasteiger partial charge < -0.3 is 20.1 Å². The standard InChI is InChI=1S/C6H8O5/c1-3(2)5(9)11-6(10)4(7)8/h7-8,10H,1H2,2H3. The first kappa shape index (κ1) is 9.35. The molecule has 0 heterocycles. The molecule has 0 aliphatic heterocycles. The number of carbonyl (C=O) groups excluding carboxylic acids is 1. The van der Waals surface area contributed by atoms with Crippen LogP contribution in [0.1, 0.15) is 6.92 Å². The first-order valence-corrected chi connectivity index (χ1v) is 2.64. The molecular formula is C6H8O5. The topological polar surface area (TPSA) is 87.0 Å². The molecule has 0 unspecified atom stereocenters. The highest BCUT2D eigenvalue weighted by Gasteiger charge is 2.10. The summed E-state index contributed by atoms with van der Waals surface area (Å²) in [7, 11) is 0. The molecule has 0 fully saturated rings. The number of ether oxygens (including phenoxy) is 1. The van der Waals surface area contributed by atoms with Crippen molar-refractivity contribution in [3.8, 4) is 0 Å². The SMILES string of the molecule is C=C(C)C(=O)OC(O)=C(O)O. The Morgan fingerprint density at radius 1 is 1.36 bits per heavy atom. The largest absolute Gasteiger partial charge is 0.476 e. The lowest BCUT2D eigenvalue weighted by Crippen LogP contribution is -2.06. The van der Waals surface area contributed by atoms with Gasteiger partial charge in [-0.05, 0) is 6.92 Å². The van der Waals surface area contributed by atoms with E-state index in [0.717, 1.165) is 0 Å². The zero-order valence-electron chi connectivity index (χ0n) is 5.87. The van der Waals surface area contributed by atoms with Gasteiger partial charge in [0.2, 0.25) is 0 Å².